The number of hydrogen-bond donors (Lipinski definition) is 3. The zero-order valence-electron chi connectivity index (χ0n) is 50.5. The van der Waals surface area contributed by atoms with E-state index in [1.807, 2.05) is 6.08 Å². The van der Waals surface area contributed by atoms with Crippen LogP contribution in [0.4, 0.5) is 0 Å². The van der Waals surface area contributed by atoms with E-state index in [2.05, 4.69) is 116 Å². The molecule has 0 saturated heterocycles. The Hall–Kier alpha value is -2.95. The molecule has 0 aliphatic carbocycles. The third-order valence-corrected chi connectivity index (χ3v) is 14.7. The fourth-order valence-corrected chi connectivity index (χ4v) is 9.75. The summed E-state index contributed by atoms with van der Waals surface area (Å²) in [6.45, 7) is 4.20. The molecule has 0 aromatic heterocycles. The van der Waals surface area contributed by atoms with Crippen molar-refractivity contribution in [2.75, 3.05) is 6.61 Å². The maximum Gasteiger partial charge on any atom is 0.220 e. The molecule has 0 rings (SSSR count). The minimum absolute atomic E-state index is 0.0754. The maximum absolute atomic E-state index is 12.5. The summed E-state index contributed by atoms with van der Waals surface area (Å²) in [5.74, 6) is -0.0754. The predicted molar refractivity (Wildman–Crippen MR) is 340 cm³/mol. The second-order valence-corrected chi connectivity index (χ2v) is 22.1. The summed E-state index contributed by atoms with van der Waals surface area (Å²) in [5.41, 5.74) is 0. The molecule has 1 amide bonds. The molecule has 3 N–H and O–H groups in total. The van der Waals surface area contributed by atoms with Gasteiger partial charge in [-0.15, -0.1) is 0 Å². The van der Waals surface area contributed by atoms with E-state index >= 15 is 0 Å². The number of carbonyl (C=O) groups excluding carboxylic acids is 1. The normalized spacial score (nSPS) is 13.5. The van der Waals surface area contributed by atoms with Crippen molar-refractivity contribution < 1.29 is 15.0 Å². The smallest absolute Gasteiger partial charge is 0.220 e. The molecule has 2 unspecified atom stereocenters. The Balaban J connectivity index is 3.50. The van der Waals surface area contributed by atoms with Gasteiger partial charge in [-0.2, -0.15) is 0 Å². The average Bonchev–Trinajstić information content (AvgIpc) is 3.42. The SMILES string of the molecule is CC/C=C\C/C=C\C/C=C\C/C=C\C/C=C\C/C=C\CCCCCCCCCCCCCCCCCCCCCCCCC(=O)NC(CO)C(O)/C=C/CC/C=C/CC/C=C/CCCCCCCCCCCCCCC. The highest BCUT2D eigenvalue weighted by atomic mass is 16.3. The van der Waals surface area contributed by atoms with Crippen molar-refractivity contribution in [2.45, 2.75) is 334 Å². The molecule has 2 atom stereocenters. The fourth-order valence-electron chi connectivity index (χ4n) is 9.75. The van der Waals surface area contributed by atoms with E-state index < -0.39 is 12.1 Å². The van der Waals surface area contributed by atoms with E-state index in [1.165, 1.54) is 225 Å². The first-order valence-electron chi connectivity index (χ1n) is 33.1. The van der Waals surface area contributed by atoms with Gasteiger partial charge in [0.1, 0.15) is 0 Å². The Labute approximate surface area is 474 Å². The number of allylic oxidation sites excluding steroid dienone is 17. The van der Waals surface area contributed by atoms with Crippen molar-refractivity contribution in [3.05, 3.63) is 109 Å². The van der Waals surface area contributed by atoms with Crippen molar-refractivity contribution in [2.24, 2.45) is 0 Å². The molecule has 0 spiro atoms. The zero-order valence-corrected chi connectivity index (χ0v) is 50.5. The molecule has 4 heteroatoms. The van der Waals surface area contributed by atoms with Gasteiger partial charge in [0.15, 0.2) is 0 Å². The van der Waals surface area contributed by atoms with Gasteiger partial charge in [-0.1, -0.05) is 329 Å². The van der Waals surface area contributed by atoms with Gasteiger partial charge in [-0.25, -0.2) is 0 Å². The lowest BCUT2D eigenvalue weighted by Gasteiger charge is -2.19. The molecular formula is C72H127NO3. The first-order chi connectivity index (χ1) is 37.7. The molecule has 76 heavy (non-hydrogen) atoms. The summed E-state index contributed by atoms with van der Waals surface area (Å²) in [6, 6.07) is -0.650. The molecular weight excluding hydrogens is 927 g/mol. The second-order valence-electron chi connectivity index (χ2n) is 22.1. The summed E-state index contributed by atoms with van der Waals surface area (Å²) >= 11 is 0. The van der Waals surface area contributed by atoms with Crippen molar-refractivity contribution in [3.8, 4) is 0 Å². The van der Waals surface area contributed by atoms with Crippen LogP contribution in [0.25, 0.3) is 0 Å². The van der Waals surface area contributed by atoms with Crippen molar-refractivity contribution in [1.82, 2.24) is 5.32 Å². The summed E-state index contributed by atoms with van der Waals surface area (Å²) in [5, 5.41) is 23.2. The molecule has 0 fully saturated rings. The molecule has 0 heterocycles. The van der Waals surface area contributed by atoms with Crippen molar-refractivity contribution in [3.63, 3.8) is 0 Å². The number of aliphatic hydroxyl groups excluding tert-OH is 2. The minimum Gasteiger partial charge on any atom is -0.394 e. The average molecular weight is 1050 g/mol. The Bertz CT molecular complexity index is 1430. The van der Waals surface area contributed by atoms with Crippen LogP contribution in [0, 0.1) is 0 Å². The lowest BCUT2D eigenvalue weighted by atomic mass is 10.0. The lowest BCUT2D eigenvalue weighted by Crippen LogP contribution is -2.45. The summed E-state index contributed by atoms with van der Waals surface area (Å²) in [7, 11) is 0. The van der Waals surface area contributed by atoms with Crippen LogP contribution < -0.4 is 5.32 Å². The van der Waals surface area contributed by atoms with E-state index in [4.69, 9.17) is 0 Å². The van der Waals surface area contributed by atoms with E-state index in [-0.39, 0.29) is 12.5 Å². The van der Waals surface area contributed by atoms with Gasteiger partial charge < -0.3 is 15.5 Å². The van der Waals surface area contributed by atoms with Crippen LogP contribution in [0.5, 0.6) is 0 Å². The number of amides is 1. The number of carbonyl (C=O) groups is 1. The van der Waals surface area contributed by atoms with Gasteiger partial charge in [0.25, 0.3) is 0 Å². The quantitative estimate of drug-likeness (QED) is 0.0420. The number of aliphatic hydroxyl groups is 2. The Morgan fingerprint density at radius 3 is 0.921 bits per heavy atom. The van der Waals surface area contributed by atoms with Gasteiger partial charge in [-0.05, 0) is 96.3 Å². The van der Waals surface area contributed by atoms with E-state index in [9.17, 15) is 15.0 Å². The highest BCUT2D eigenvalue weighted by molar-refractivity contribution is 5.76. The predicted octanol–water partition coefficient (Wildman–Crippen LogP) is 22.6. The van der Waals surface area contributed by atoms with Gasteiger partial charge in [-0.3, -0.25) is 4.79 Å². The molecule has 0 aromatic rings. The second kappa shape index (κ2) is 66.3. The Morgan fingerprint density at radius 2 is 0.592 bits per heavy atom. The third kappa shape index (κ3) is 61.9. The summed E-state index contributed by atoms with van der Waals surface area (Å²) < 4.78 is 0. The molecule has 0 bridgehead atoms. The maximum atomic E-state index is 12.5. The van der Waals surface area contributed by atoms with E-state index in [0.29, 0.717) is 6.42 Å². The fraction of sp³-hybridized carbons (Fsp3) is 0.736. The highest BCUT2D eigenvalue weighted by Crippen LogP contribution is 2.17. The standard InChI is InChI=1S/C72H127NO3/c1-3-5-7-9-11-13-15-17-19-21-23-25-27-28-29-30-31-32-33-34-35-36-37-38-39-40-41-42-43-44-46-48-50-52-54-56-58-60-62-64-66-68-72(76)73-70(69-74)71(75)67-65-63-61-59-57-55-53-51-49-47-45-26-24-22-20-18-16-14-12-10-8-6-4-2/h5,7,11,13,17,19,23,25,28-29,31-32,49,51,57,59,65,67,70-71,74-75H,3-4,6,8-10,12,14-16,18,20-22,24,26-27,30,33-48,50,52-56,58,60-64,66,68-69H2,1-2H3,(H,73,76)/b7-5-,13-11-,19-17-,25-23-,29-28-,32-31-,51-49+,59-57+,67-65+. The van der Waals surface area contributed by atoms with Crippen LogP contribution in [0.2, 0.25) is 0 Å². The molecule has 0 aliphatic rings. The topological polar surface area (TPSA) is 69.6 Å². The van der Waals surface area contributed by atoms with Gasteiger partial charge in [0, 0.05) is 6.42 Å². The van der Waals surface area contributed by atoms with Gasteiger partial charge in [0.05, 0.1) is 18.8 Å². The number of unbranched alkanes of at least 4 members (excludes halogenated alkanes) is 37. The van der Waals surface area contributed by atoms with Crippen molar-refractivity contribution >= 4 is 5.91 Å². The first kappa shape index (κ1) is 73.0. The van der Waals surface area contributed by atoms with Crippen LogP contribution in [0.15, 0.2) is 109 Å². The molecule has 0 aliphatic heterocycles. The lowest BCUT2D eigenvalue weighted by molar-refractivity contribution is -0.123. The summed E-state index contributed by atoms with van der Waals surface area (Å²) in [4.78, 5) is 12.5. The van der Waals surface area contributed by atoms with Crippen LogP contribution in [0.1, 0.15) is 322 Å². The summed E-state index contributed by atoms with van der Waals surface area (Å²) in [6.07, 6.45) is 100. The van der Waals surface area contributed by atoms with Gasteiger partial charge in [0.2, 0.25) is 5.91 Å². The minimum atomic E-state index is -0.875. The van der Waals surface area contributed by atoms with E-state index in [0.717, 1.165) is 77.0 Å². The van der Waals surface area contributed by atoms with Gasteiger partial charge >= 0.3 is 0 Å². The van der Waals surface area contributed by atoms with Crippen LogP contribution in [-0.4, -0.2) is 34.9 Å². The molecule has 0 saturated carbocycles. The van der Waals surface area contributed by atoms with Crippen LogP contribution >= 0.6 is 0 Å². The van der Waals surface area contributed by atoms with Crippen LogP contribution in [0.3, 0.4) is 0 Å². The molecule has 0 radical (unpaired) electrons. The number of rotatable bonds is 60. The number of hydrogen-bond acceptors (Lipinski definition) is 3. The third-order valence-electron chi connectivity index (χ3n) is 14.7. The largest absolute Gasteiger partial charge is 0.394 e. The Morgan fingerprint density at radius 1 is 0.329 bits per heavy atom. The molecule has 4 nitrogen and oxygen atoms in total. The molecule has 0 aromatic carbocycles. The monoisotopic (exact) mass is 1050 g/mol. The zero-order chi connectivity index (χ0) is 54.8. The Kier molecular flexibility index (Phi) is 63.8. The van der Waals surface area contributed by atoms with E-state index in [1.54, 1.807) is 6.08 Å². The van der Waals surface area contributed by atoms with Crippen LogP contribution in [-0.2, 0) is 4.79 Å². The highest BCUT2D eigenvalue weighted by Gasteiger charge is 2.18. The molecule has 438 valence electrons. The number of nitrogens with one attached hydrogen (secondary N) is 1. The van der Waals surface area contributed by atoms with Crippen molar-refractivity contribution in [1.29, 1.82) is 0 Å². The first-order valence-corrected chi connectivity index (χ1v) is 33.1.